The standard InChI is InChI=1S/C13H22N2S/c1-4-7-14-12(10-5-6-10)13-15-11(8-16-13)9(2)3/h8-10,12,14H,4-7H2,1-3H3. The van der Waals surface area contributed by atoms with Crippen LogP contribution in [0.3, 0.4) is 0 Å². The summed E-state index contributed by atoms with van der Waals surface area (Å²) in [6.07, 6.45) is 3.95. The molecule has 1 unspecified atom stereocenters. The number of nitrogens with one attached hydrogen (secondary N) is 1. The molecule has 1 aliphatic rings. The molecule has 0 aliphatic heterocycles. The predicted octanol–water partition coefficient (Wildman–Crippen LogP) is 3.72. The van der Waals surface area contributed by atoms with E-state index in [0.29, 0.717) is 12.0 Å². The average Bonchev–Trinajstić information content (AvgIpc) is 2.96. The number of hydrogen-bond donors (Lipinski definition) is 1. The highest BCUT2D eigenvalue weighted by Gasteiger charge is 2.33. The van der Waals surface area contributed by atoms with Crippen LogP contribution < -0.4 is 5.32 Å². The molecule has 1 aromatic heterocycles. The Balaban J connectivity index is 2.05. The van der Waals surface area contributed by atoms with Crippen molar-refractivity contribution in [3.05, 3.63) is 16.1 Å². The summed E-state index contributed by atoms with van der Waals surface area (Å²) in [6.45, 7) is 7.75. The molecule has 0 spiro atoms. The highest BCUT2D eigenvalue weighted by atomic mass is 32.1. The van der Waals surface area contributed by atoms with E-state index in [2.05, 4.69) is 31.5 Å². The van der Waals surface area contributed by atoms with Crippen LogP contribution in [0.2, 0.25) is 0 Å². The topological polar surface area (TPSA) is 24.9 Å². The molecule has 0 amide bonds. The largest absolute Gasteiger partial charge is 0.308 e. The van der Waals surface area contributed by atoms with E-state index in [4.69, 9.17) is 4.98 Å². The van der Waals surface area contributed by atoms with Crippen LogP contribution in [0.4, 0.5) is 0 Å². The molecule has 0 bridgehead atoms. The SMILES string of the molecule is CCCNC(c1nc(C(C)C)cs1)C1CC1. The second-order valence-electron chi connectivity index (χ2n) is 5.03. The Hall–Kier alpha value is -0.410. The van der Waals surface area contributed by atoms with Crippen molar-refractivity contribution in [2.45, 2.75) is 52.0 Å². The molecule has 1 aliphatic carbocycles. The van der Waals surface area contributed by atoms with Crippen LogP contribution in [-0.2, 0) is 0 Å². The zero-order valence-electron chi connectivity index (χ0n) is 10.5. The molecule has 1 N–H and O–H groups in total. The van der Waals surface area contributed by atoms with Crippen LogP contribution in [0.25, 0.3) is 0 Å². The minimum atomic E-state index is 0.525. The Morgan fingerprint density at radius 1 is 1.50 bits per heavy atom. The lowest BCUT2D eigenvalue weighted by molar-refractivity contribution is 0.478. The minimum Gasteiger partial charge on any atom is -0.308 e. The number of aromatic nitrogens is 1. The Morgan fingerprint density at radius 3 is 2.75 bits per heavy atom. The fraction of sp³-hybridized carbons (Fsp3) is 0.769. The fourth-order valence-electron chi connectivity index (χ4n) is 1.89. The van der Waals surface area contributed by atoms with Crippen LogP contribution >= 0.6 is 11.3 Å². The van der Waals surface area contributed by atoms with Gasteiger partial charge in [0.25, 0.3) is 0 Å². The quantitative estimate of drug-likeness (QED) is 0.817. The van der Waals surface area contributed by atoms with Gasteiger partial charge in [0.2, 0.25) is 0 Å². The van der Waals surface area contributed by atoms with E-state index >= 15 is 0 Å². The van der Waals surface area contributed by atoms with Crippen LogP contribution in [0, 0.1) is 5.92 Å². The van der Waals surface area contributed by atoms with Crippen molar-refractivity contribution in [2.24, 2.45) is 5.92 Å². The maximum atomic E-state index is 4.78. The molecule has 1 atom stereocenters. The Bertz CT molecular complexity index is 328. The molecule has 0 radical (unpaired) electrons. The zero-order chi connectivity index (χ0) is 11.5. The first kappa shape index (κ1) is 12.1. The summed E-state index contributed by atoms with van der Waals surface area (Å²) >= 11 is 1.83. The summed E-state index contributed by atoms with van der Waals surface area (Å²) in [4.78, 5) is 4.78. The molecule has 3 heteroatoms. The summed E-state index contributed by atoms with van der Waals surface area (Å²) in [5, 5.41) is 7.18. The van der Waals surface area contributed by atoms with E-state index in [1.165, 1.54) is 30.0 Å². The second kappa shape index (κ2) is 5.28. The molecule has 0 saturated heterocycles. The molecule has 16 heavy (non-hydrogen) atoms. The normalized spacial score (nSPS) is 18.0. The number of thiazole rings is 1. The van der Waals surface area contributed by atoms with Gasteiger partial charge < -0.3 is 5.32 Å². The highest BCUT2D eigenvalue weighted by Crippen LogP contribution is 2.42. The van der Waals surface area contributed by atoms with Gasteiger partial charge in [0, 0.05) is 5.38 Å². The molecule has 2 rings (SSSR count). The lowest BCUT2D eigenvalue weighted by atomic mass is 10.1. The molecule has 1 heterocycles. The monoisotopic (exact) mass is 238 g/mol. The molecule has 1 saturated carbocycles. The third-order valence-electron chi connectivity index (χ3n) is 3.10. The van der Waals surface area contributed by atoms with Gasteiger partial charge in [-0.2, -0.15) is 0 Å². The van der Waals surface area contributed by atoms with Crippen molar-refractivity contribution in [2.75, 3.05) is 6.54 Å². The lowest BCUT2D eigenvalue weighted by Gasteiger charge is -2.15. The molecule has 1 fully saturated rings. The third-order valence-corrected chi connectivity index (χ3v) is 4.05. The van der Waals surface area contributed by atoms with E-state index in [0.717, 1.165) is 12.5 Å². The van der Waals surface area contributed by atoms with Gasteiger partial charge in [0.15, 0.2) is 0 Å². The van der Waals surface area contributed by atoms with Gasteiger partial charge in [-0.25, -0.2) is 4.98 Å². The van der Waals surface area contributed by atoms with Gasteiger partial charge >= 0.3 is 0 Å². The summed E-state index contributed by atoms with van der Waals surface area (Å²) in [5.41, 5.74) is 1.25. The Labute approximate surface area is 102 Å². The van der Waals surface area contributed by atoms with Crippen molar-refractivity contribution in [3.63, 3.8) is 0 Å². The minimum absolute atomic E-state index is 0.525. The number of rotatable bonds is 6. The molecule has 1 aromatic rings. The van der Waals surface area contributed by atoms with Gasteiger partial charge in [-0.15, -0.1) is 11.3 Å². The van der Waals surface area contributed by atoms with Gasteiger partial charge in [0.05, 0.1) is 11.7 Å². The van der Waals surface area contributed by atoms with Gasteiger partial charge in [-0.1, -0.05) is 20.8 Å². The van der Waals surface area contributed by atoms with E-state index in [1.54, 1.807) is 0 Å². The van der Waals surface area contributed by atoms with Crippen LogP contribution in [0.15, 0.2) is 5.38 Å². The molecular formula is C13H22N2S. The number of hydrogen-bond acceptors (Lipinski definition) is 3. The fourth-order valence-corrected chi connectivity index (χ4v) is 3.04. The van der Waals surface area contributed by atoms with E-state index in [1.807, 2.05) is 11.3 Å². The van der Waals surface area contributed by atoms with Gasteiger partial charge in [0.1, 0.15) is 5.01 Å². The molecule has 90 valence electrons. The lowest BCUT2D eigenvalue weighted by Crippen LogP contribution is -2.23. The summed E-state index contributed by atoms with van der Waals surface area (Å²) < 4.78 is 0. The highest BCUT2D eigenvalue weighted by molar-refractivity contribution is 7.09. The van der Waals surface area contributed by atoms with E-state index < -0.39 is 0 Å². The predicted molar refractivity (Wildman–Crippen MR) is 70.0 cm³/mol. The average molecular weight is 238 g/mol. The maximum absolute atomic E-state index is 4.78. The Morgan fingerprint density at radius 2 is 2.25 bits per heavy atom. The molecular weight excluding hydrogens is 216 g/mol. The van der Waals surface area contributed by atoms with Crippen molar-refractivity contribution in [3.8, 4) is 0 Å². The maximum Gasteiger partial charge on any atom is 0.110 e. The first-order valence-corrected chi connectivity index (χ1v) is 7.29. The van der Waals surface area contributed by atoms with Crippen molar-refractivity contribution >= 4 is 11.3 Å². The van der Waals surface area contributed by atoms with Gasteiger partial charge in [-0.05, 0) is 37.6 Å². The first-order chi connectivity index (χ1) is 7.72. The smallest absolute Gasteiger partial charge is 0.110 e. The summed E-state index contributed by atoms with van der Waals surface area (Å²) in [5.74, 6) is 1.40. The van der Waals surface area contributed by atoms with Crippen LogP contribution in [-0.4, -0.2) is 11.5 Å². The zero-order valence-corrected chi connectivity index (χ0v) is 11.3. The summed E-state index contributed by atoms with van der Waals surface area (Å²) in [6, 6.07) is 0.525. The van der Waals surface area contributed by atoms with Crippen LogP contribution in [0.5, 0.6) is 0 Å². The Kier molecular flexibility index (Phi) is 3.98. The van der Waals surface area contributed by atoms with Crippen molar-refractivity contribution in [1.82, 2.24) is 10.3 Å². The third kappa shape index (κ3) is 2.83. The van der Waals surface area contributed by atoms with E-state index in [-0.39, 0.29) is 0 Å². The number of nitrogens with zero attached hydrogens (tertiary/aromatic N) is 1. The van der Waals surface area contributed by atoms with Crippen LogP contribution in [0.1, 0.15) is 62.7 Å². The van der Waals surface area contributed by atoms with Crippen molar-refractivity contribution in [1.29, 1.82) is 0 Å². The summed E-state index contributed by atoms with van der Waals surface area (Å²) in [7, 11) is 0. The second-order valence-corrected chi connectivity index (χ2v) is 5.92. The van der Waals surface area contributed by atoms with Crippen molar-refractivity contribution < 1.29 is 0 Å². The molecule has 0 aromatic carbocycles. The molecule has 2 nitrogen and oxygen atoms in total. The first-order valence-electron chi connectivity index (χ1n) is 6.41. The van der Waals surface area contributed by atoms with Gasteiger partial charge in [-0.3, -0.25) is 0 Å². The van der Waals surface area contributed by atoms with E-state index in [9.17, 15) is 0 Å².